The van der Waals surface area contributed by atoms with E-state index in [0.717, 1.165) is 12.8 Å². The molecule has 1 amide bonds. The molecule has 27 heavy (non-hydrogen) atoms. The van der Waals surface area contributed by atoms with E-state index in [9.17, 15) is 19.7 Å². The van der Waals surface area contributed by atoms with E-state index in [-0.39, 0.29) is 41.4 Å². The lowest BCUT2D eigenvalue weighted by Gasteiger charge is -2.37. The first-order valence-corrected chi connectivity index (χ1v) is 9.10. The molecule has 148 valence electrons. The molecule has 0 aliphatic carbocycles. The van der Waals surface area contributed by atoms with Gasteiger partial charge in [-0.25, -0.2) is 0 Å². The number of nitro groups is 1. The summed E-state index contributed by atoms with van der Waals surface area (Å²) >= 11 is 5.77. The van der Waals surface area contributed by atoms with E-state index in [1.807, 2.05) is 16.7 Å². The van der Waals surface area contributed by atoms with E-state index in [1.165, 1.54) is 18.2 Å². The Morgan fingerprint density at radius 2 is 2.07 bits per heavy atom. The van der Waals surface area contributed by atoms with Crippen molar-refractivity contribution in [1.29, 1.82) is 0 Å². The third-order valence-electron chi connectivity index (χ3n) is 4.62. The van der Waals surface area contributed by atoms with Crippen molar-refractivity contribution in [3.63, 3.8) is 0 Å². The molecule has 0 aromatic heterocycles. The molecule has 1 fully saturated rings. The SMILES string of the molecule is CCN(CC(=O)O)C1CCN(CC(=O)Nc2ccc(Cl)cc2[N+](=O)[O-])CC1. The molecule has 0 bridgehead atoms. The zero-order valence-corrected chi connectivity index (χ0v) is 15.8. The summed E-state index contributed by atoms with van der Waals surface area (Å²) in [7, 11) is 0. The molecular formula is C17H23ClN4O5. The highest BCUT2D eigenvalue weighted by Crippen LogP contribution is 2.27. The average molecular weight is 399 g/mol. The molecule has 0 radical (unpaired) electrons. The van der Waals surface area contributed by atoms with Gasteiger partial charge < -0.3 is 10.4 Å². The van der Waals surface area contributed by atoms with Crippen LogP contribution in [0.25, 0.3) is 0 Å². The maximum absolute atomic E-state index is 12.3. The molecule has 1 saturated heterocycles. The lowest BCUT2D eigenvalue weighted by atomic mass is 10.0. The number of halogens is 1. The highest BCUT2D eigenvalue weighted by atomic mass is 35.5. The van der Waals surface area contributed by atoms with Crippen LogP contribution in [0, 0.1) is 10.1 Å². The lowest BCUT2D eigenvalue weighted by Crippen LogP contribution is -2.48. The second-order valence-electron chi connectivity index (χ2n) is 6.43. The van der Waals surface area contributed by atoms with Gasteiger partial charge in [-0.2, -0.15) is 0 Å². The van der Waals surface area contributed by atoms with Gasteiger partial charge in [-0.3, -0.25) is 29.5 Å². The number of piperidine rings is 1. The number of benzene rings is 1. The van der Waals surface area contributed by atoms with Crippen LogP contribution in [0.15, 0.2) is 18.2 Å². The Bertz CT molecular complexity index is 707. The summed E-state index contributed by atoms with van der Waals surface area (Å²) in [6, 6.07) is 4.28. The van der Waals surface area contributed by atoms with E-state index >= 15 is 0 Å². The maximum Gasteiger partial charge on any atom is 0.317 e. The fourth-order valence-electron chi connectivity index (χ4n) is 3.27. The summed E-state index contributed by atoms with van der Waals surface area (Å²) in [5, 5.41) is 22.9. The first-order chi connectivity index (χ1) is 12.8. The predicted octanol–water partition coefficient (Wildman–Crippen LogP) is 2.06. The number of nitro benzene ring substituents is 1. The number of carbonyl (C=O) groups excluding carboxylic acids is 1. The number of aliphatic carboxylic acids is 1. The second kappa shape index (κ2) is 9.63. The third kappa shape index (κ3) is 6.16. The van der Waals surface area contributed by atoms with Gasteiger partial charge in [0, 0.05) is 30.2 Å². The molecule has 0 spiro atoms. The first kappa shape index (κ1) is 21.1. The van der Waals surface area contributed by atoms with Crippen molar-refractivity contribution in [3.8, 4) is 0 Å². The van der Waals surface area contributed by atoms with Gasteiger partial charge in [0.2, 0.25) is 5.91 Å². The number of hydrogen-bond acceptors (Lipinski definition) is 6. The van der Waals surface area contributed by atoms with E-state index in [4.69, 9.17) is 16.7 Å². The highest BCUT2D eigenvalue weighted by molar-refractivity contribution is 6.31. The van der Waals surface area contributed by atoms with Crippen LogP contribution in [-0.2, 0) is 9.59 Å². The van der Waals surface area contributed by atoms with E-state index < -0.39 is 10.9 Å². The number of nitrogens with one attached hydrogen (secondary N) is 1. The van der Waals surface area contributed by atoms with Gasteiger partial charge in [0.15, 0.2) is 0 Å². The molecule has 1 heterocycles. The summed E-state index contributed by atoms with van der Waals surface area (Å²) in [4.78, 5) is 37.6. The van der Waals surface area contributed by atoms with Crippen LogP contribution in [0.1, 0.15) is 19.8 Å². The van der Waals surface area contributed by atoms with Crippen LogP contribution < -0.4 is 5.32 Å². The predicted molar refractivity (Wildman–Crippen MR) is 101 cm³/mol. The van der Waals surface area contributed by atoms with Crippen molar-refractivity contribution in [1.82, 2.24) is 9.80 Å². The zero-order chi connectivity index (χ0) is 20.0. The number of carboxylic acid groups (broad SMARTS) is 1. The number of hydrogen-bond donors (Lipinski definition) is 2. The number of carboxylic acids is 1. The van der Waals surface area contributed by atoms with Crippen LogP contribution in [0.3, 0.4) is 0 Å². The largest absolute Gasteiger partial charge is 0.480 e. The van der Waals surface area contributed by atoms with Crippen LogP contribution in [0.4, 0.5) is 11.4 Å². The molecule has 0 atom stereocenters. The summed E-state index contributed by atoms with van der Waals surface area (Å²) in [5.74, 6) is -1.18. The zero-order valence-electron chi connectivity index (χ0n) is 15.1. The normalized spacial score (nSPS) is 15.7. The Hall–Kier alpha value is -2.23. The molecule has 1 aromatic rings. The number of anilines is 1. The molecule has 0 unspecified atom stereocenters. The number of rotatable bonds is 8. The summed E-state index contributed by atoms with van der Waals surface area (Å²) in [6.45, 7) is 4.06. The van der Waals surface area contributed by atoms with Crippen molar-refractivity contribution in [2.75, 3.05) is 38.0 Å². The summed E-state index contributed by atoms with van der Waals surface area (Å²) in [5.41, 5.74) is -0.135. The molecule has 1 aliphatic rings. The van der Waals surface area contributed by atoms with Crippen LogP contribution >= 0.6 is 11.6 Å². The van der Waals surface area contributed by atoms with Crippen molar-refractivity contribution in [2.24, 2.45) is 0 Å². The average Bonchev–Trinajstić information content (AvgIpc) is 2.61. The van der Waals surface area contributed by atoms with Crippen molar-refractivity contribution in [2.45, 2.75) is 25.8 Å². The third-order valence-corrected chi connectivity index (χ3v) is 4.85. The van der Waals surface area contributed by atoms with Crippen molar-refractivity contribution >= 4 is 34.9 Å². The second-order valence-corrected chi connectivity index (χ2v) is 6.87. The first-order valence-electron chi connectivity index (χ1n) is 8.72. The molecule has 2 rings (SSSR count). The minimum Gasteiger partial charge on any atom is -0.480 e. The molecular weight excluding hydrogens is 376 g/mol. The molecule has 1 aliphatic heterocycles. The fraction of sp³-hybridized carbons (Fsp3) is 0.529. The van der Waals surface area contributed by atoms with Crippen LogP contribution in [-0.4, -0.2) is 70.5 Å². The monoisotopic (exact) mass is 398 g/mol. The number of amides is 1. The number of carbonyl (C=O) groups is 2. The maximum atomic E-state index is 12.3. The lowest BCUT2D eigenvalue weighted by molar-refractivity contribution is -0.383. The van der Waals surface area contributed by atoms with Gasteiger partial charge in [0.25, 0.3) is 5.69 Å². The Balaban J connectivity index is 1.88. The van der Waals surface area contributed by atoms with E-state index in [1.54, 1.807) is 0 Å². The molecule has 10 heteroatoms. The minimum atomic E-state index is -0.844. The number of likely N-dealkylation sites (tertiary alicyclic amines) is 1. The summed E-state index contributed by atoms with van der Waals surface area (Å²) in [6.07, 6.45) is 1.55. The quantitative estimate of drug-likeness (QED) is 0.508. The fourth-order valence-corrected chi connectivity index (χ4v) is 3.44. The van der Waals surface area contributed by atoms with Crippen LogP contribution in [0.2, 0.25) is 5.02 Å². The molecule has 0 saturated carbocycles. The molecule has 1 aromatic carbocycles. The minimum absolute atomic E-state index is 0.0158. The van der Waals surface area contributed by atoms with Crippen molar-refractivity contribution < 1.29 is 19.6 Å². The molecule has 9 nitrogen and oxygen atoms in total. The van der Waals surface area contributed by atoms with Gasteiger partial charge in [0.1, 0.15) is 5.69 Å². The highest BCUT2D eigenvalue weighted by Gasteiger charge is 2.26. The molecule has 2 N–H and O–H groups in total. The standard InChI is InChI=1S/C17H23ClN4O5/c1-2-21(11-17(24)25)13-5-7-20(8-6-13)10-16(23)19-14-4-3-12(18)9-15(14)22(26)27/h3-4,9,13H,2,5-8,10-11H2,1H3,(H,19,23)(H,24,25). The number of likely N-dealkylation sites (N-methyl/N-ethyl adjacent to an activating group) is 1. The topological polar surface area (TPSA) is 116 Å². The van der Waals surface area contributed by atoms with E-state index in [0.29, 0.717) is 19.6 Å². The Labute approximate surface area is 162 Å². The summed E-state index contributed by atoms with van der Waals surface area (Å²) < 4.78 is 0. The van der Waals surface area contributed by atoms with Gasteiger partial charge in [-0.15, -0.1) is 0 Å². The Morgan fingerprint density at radius 3 is 2.63 bits per heavy atom. The smallest absolute Gasteiger partial charge is 0.317 e. The number of nitrogens with zero attached hydrogens (tertiary/aromatic N) is 3. The Kier molecular flexibility index (Phi) is 7.52. The van der Waals surface area contributed by atoms with E-state index in [2.05, 4.69) is 5.32 Å². The van der Waals surface area contributed by atoms with Gasteiger partial charge in [0.05, 0.1) is 18.0 Å². The Morgan fingerprint density at radius 1 is 1.41 bits per heavy atom. The van der Waals surface area contributed by atoms with Crippen LogP contribution in [0.5, 0.6) is 0 Å². The van der Waals surface area contributed by atoms with Gasteiger partial charge in [-0.05, 0) is 31.5 Å². The van der Waals surface area contributed by atoms with Gasteiger partial charge >= 0.3 is 5.97 Å². The van der Waals surface area contributed by atoms with Gasteiger partial charge in [-0.1, -0.05) is 18.5 Å². The van der Waals surface area contributed by atoms with Crippen molar-refractivity contribution in [3.05, 3.63) is 33.3 Å².